The van der Waals surface area contributed by atoms with Gasteiger partial charge in [0.2, 0.25) is 5.82 Å². The third-order valence-corrected chi connectivity index (χ3v) is 3.19. The molecule has 0 bridgehead atoms. The molecule has 11 nitrogen and oxygen atoms in total. The van der Waals surface area contributed by atoms with E-state index in [2.05, 4.69) is 30.4 Å². The van der Waals surface area contributed by atoms with E-state index in [4.69, 9.17) is 25.6 Å². The van der Waals surface area contributed by atoms with Crippen molar-refractivity contribution in [3.63, 3.8) is 0 Å². The Hall–Kier alpha value is -3.59. The second-order valence-corrected chi connectivity index (χ2v) is 5.48. The van der Waals surface area contributed by atoms with Crippen LogP contribution in [0.5, 0.6) is 0 Å². The summed E-state index contributed by atoms with van der Waals surface area (Å²) in [6, 6.07) is 12.6. The lowest BCUT2D eigenvalue weighted by molar-refractivity contribution is 0.271. The molecular weight excluding hydrogens is 448 g/mol. The highest BCUT2D eigenvalue weighted by molar-refractivity contribution is 5.85. The molecule has 3 aromatic rings. The summed E-state index contributed by atoms with van der Waals surface area (Å²) in [6.45, 7) is 2.32. The molecule has 0 saturated heterocycles. The van der Waals surface area contributed by atoms with Crippen molar-refractivity contribution in [2.24, 2.45) is 0 Å². The minimum Gasteiger partial charge on any atom is -0.481 e. The molecule has 3 aromatic heterocycles. The second-order valence-electron chi connectivity index (χ2n) is 5.48. The van der Waals surface area contributed by atoms with E-state index in [1.54, 1.807) is 36.7 Å². The van der Waals surface area contributed by atoms with Crippen LogP contribution in [0.1, 0.15) is 32.3 Å². The lowest BCUT2D eigenvalue weighted by Crippen LogP contribution is -2.05. The first-order valence-corrected chi connectivity index (χ1v) is 9.35. The van der Waals surface area contributed by atoms with Gasteiger partial charge in [0.1, 0.15) is 17.5 Å². The van der Waals surface area contributed by atoms with E-state index in [1.807, 2.05) is 25.1 Å². The molecule has 0 aliphatic carbocycles. The molecule has 0 spiro atoms. The van der Waals surface area contributed by atoms with Crippen LogP contribution >= 0.6 is 12.4 Å². The van der Waals surface area contributed by atoms with Gasteiger partial charge in [-0.25, -0.2) is 4.98 Å². The normalized spacial score (nSPS) is 8.67. The zero-order valence-corrected chi connectivity index (χ0v) is 18.3. The number of halogens is 1. The van der Waals surface area contributed by atoms with Crippen molar-refractivity contribution < 1.29 is 14.9 Å². The molecule has 0 aliphatic rings. The average molecular weight is 477 g/mol. The van der Waals surface area contributed by atoms with Gasteiger partial charge in [-0.1, -0.05) is 19.6 Å². The van der Waals surface area contributed by atoms with Crippen LogP contribution in [0.25, 0.3) is 11.5 Å². The Bertz CT molecular complexity index is 902. The number of hydrogen-bond donors (Lipinski definition) is 3. The zero-order chi connectivity index (χ0) is 22.7. The minimum absolute atomic E-state index is 0. The molecule has 0 aliphatic heterocycles. The number of aromatic nitrogens is 6. The Balaban J connectivity index is 0. The second kappa shape index (κ2) is 20.3. The topological polar surface area (TPSA) is 175 Å². The third-order valence-electron chi connectivity index (χ3n) is 3.19. The van der Waals surface area contributed by atoms with Crippen LogP contribution in [0.4, 0.5) is 0 Å². The number of rotatable bonds is 6. The van der Waals surface area contributed by atoms with Gasteiger partial charge in [0.25, 0.3) is 0 Å². The number of nitrogens with zero attached hydrogens (tertiary/aromatic N) is 7. The Labute approximate surface area is 199 Å². The van der Waals surface area contributed by atoms with Crippen LogP contribution in [0.15, 0.2) is 48.8 Å². The van der Waals surface area contributed by atoms with E-state index in [0.717, 1.165) is 0 Å². The Morgan fingerprint density at radius 2 is 1.64 bits per heavy atom. The molecule has 0 radical (unpaired) electrons. The minimum atomic E-state index is -0.00765. The van der Waals surface area contributed by atoms with Crippen LogP contribution in [0.3, 0.4) is 0 Å². The van der Waals surface area contributed by atoms with Gasteiger partial charge >= 0.3 is 0 Å². The van der Waals surface area contributed by atoms with Gasteiger partial charge in [-0.15, -0.1) is 32.8 Å². The highest BCUT2D eigenvalue weighted by atomic mass is 35.5. The molecule has 178 valence electrons. The number of aliphatic hydroxyl groups is 2. The number of pyridine rings is 2. The van der Waals surface area contributed by atoms with Crippen molar-refractivity contribution in [1.29, 1.82) is 10.7 Å². The van der Waals surface area contributed by atoms with Crippen molar-refractivity contribution >= 4 is 18.3 Å². The van der Waals surface area contributed by atoms with E-state index < -0.39 is 0 Å². The summed E-state index contributed by atoms with van der Waals surface area (Å²) < 4.78 is 4.71. The maximum absolute atomic E-state index is 8.66. The molecule has 0 unspecified atom stereocenters. The summed E-state index contributed by atoms with van der Waals surface area (Å²) >= 11 is 0. The first-order chi connectivity index (χ1) is 15.1. The van der Waals surface area contributed by atoms with Gasteiger partial charge in [-0.3, -0.25) is 10.4 Å². The predicted octanol–water partition coefficient (Wildman–Crippen LogP) is 2.26. The Kier molecular flexibility index (Phi) is 19.5. The van der Waals surface area contributed by atoms with E-state index in [-0.39, 0.29) is 38.9 Å². The van der Waals surface area contributed by atoms with E-state index in [9.17, 15) is 0 Å². The fourth-order valence-electron chi connectivity index (χ4n) is 1.82. The van der Waals surface area contributed by atoms with E-state index in [1.165, 1.54) is 0 Å². The molecule has 0 atom stereocenters. The van der Waals surface area contributed by atoms with Crippen LogP contribution in [0.2, 0.25) is 0 Å². The van der Waals surface area contributed by atoms with Gasteiger partial charge in [0.15, 0.2) is 11.7 Å². The molecule has 33 heavy (non-hydrogen) atoms. The maximum atomic E-state index is 8.66. The third kappa shape index (κ3) is 14.2. The molecule has 0 amide bonds. The summed E-state index contributed by atoms with van der Waals surface area (Å²) in [6.07, 6.45) is 3.94. The zero-order valence-electron chi connectivity index (χ0n) is 17.5. The fourth-order valence-corrected chi connectivity index (χ4v) is 1.82. The molecule has 0 fully saturated rings. The number of hydrogen-bond acceptors (Lipinski definition) is 11. The van der Waals surface area contributed by atoms with Gasteiger partial charge in [0, 0.05) is 25.2 Å². The smallest absolute Gasteiger partial charge is 0.221 e. The number of nitrogens with one attached hydrogen (secondary N) is 1. The SMILES string of the molecule is C.CCOC(=N)CCO.Cl.N#Cc1ccccn1.OCCc1nnc(-c2ccccn2)nn1. The van der Waals surface area contributed by atoms with Gasteiger partial charge in [-0.05, 0) is 31.2 Å². The van der Waals surface area contributed by atoms with Crippen LogP contribution in [0, 0.1) is 16.7 Å². The summed E-state index contributed by atoms with van der Waals surface area (Å²) in [5.74, 6) is 0.976. The number of aliphatic hydroxyl groups excluding tert-OH is 2. The van der Waals surface area contributed by atoms with Gasteiger partial charge in [-0.2, -0.15) is 5.26 Å². The first kappa shape index (κ1) is 31.6. The Morgan fingerprint density at radius 1 is 1.00 bits per heavy atom. The summed E-state index contributed by atoms with van der Waals surface area (Å²) in [5.41, 5.74) is 1.10. The quantitative estimate of drug-likeness (QED) is 0.353. The molecule has 3 heterocycles. The lowest BCUT2D eigenvalue weighted by atomic mass is 10.3. The predicted molar refractivity (Wildman–Crippen MR) is 126 cm³/mol. The maximum Gasteiger partial charge on any atom is 0.221 e. The van der Waals surface area contributed by atoms with Crippen molar-refractivity contribution in [2.75, 3.05) is 19.8 Å². The van der Waals surface area contributed by atoms with Crippen molar-refractivity contribution in [3.05, 3.63) is 60.3 Å². The number of ether oxygens (including phenoxy) is 1. The largest absolute Gasteiger partial charge is 0.481 e. The van der Waals surface area contributed by atoms with Gasteiger partial charge < -0.3 is 14.9 Å². The van der Waals surface area contributed by atoms with Crippen LogP contribution < -0.4 is 0 Å². The summed E-state index contributed by atoms with van der Waals surface area (Å²) in [7, 11) is 0. The molecule has 3 rings (SSSR count). The lowest BCUT2D eigenvalue weighted by Gasteiger charge is -1.99. The molecule has 0 saturated carbocycles. The molecular formula is C21H29ClN8O3. The standard InChI is InChI=1S/C9H9N5O.C6H4N2.C5H11NO2.CH4.ClH/c15-6-4-8-11-13-9(14-12-8)7-3-1-2-5-10-7;7-5-6-3-1-2-4-8-6;1-2-8-5(6)3-4-7;;/h1-3,5,15H,4,6H2;1-4H;6-7H,2-4H2,1H3;1H4;1H. The average Bonchev–Trinajstić information content (AvgIpc) is 2.82. The highest BCUT2D eigenvalue weighted by Crippen LogP contribution is 2.07. The number of nitriles is 1. The van der Waals surface area contributed by atoms with Gasteiger partial charge in [0.05, 0.1) is 19.8 Å². The highest BCUT2D eigenvalue weighted by Gasteiger charge is 2.04. The Morgan fingerprint density at radius 3 is 2.06 bits per heavy atom. The summed E-state index contributed by atoms with van der Waals surface area (Å²) in [5, 5.41) is 47.4. The van der Waals surface area contributed by atoms with E-state index >= 15 is 0 Å². The van der Waals surface area contributed by atoms with Crippen LogP contribution in [-0.2, 0) is 11.2 Å². The molecule has 12 heteroatoms. The molecule has 3 N–H and O–H groups in total. The van der Waals surface area contributed by atoms with Crippen molar-refractivity contribution in [2.45, 2.75) is 27.2 Å². The fraction of sp³-hybridized carbons (Fsp3) is 0.333. The summed E-state index contributed by atoms with van der Waals surface area (Å²) in [4.78, 5) is 7.81. The van der Waals surface area contributed by atoms with Crippen molar-refractivity contribution in [1.82, 2.24) is 30.4 Å². The monoisotopic (exact) mass is 476 g/mol. The molecule has 0 aromatic carbocycles. The first-order valence-electron chi connectivity index (χ1n) is 9.35. The van der Waals surface area contributed by atoms with Crippen LogP contribution in [-0.4, -0.2) is 66.3 Å². The van der Waals surface area contributed by atoms with Crippen molar-refractivity contribution in [3.8, 4) is 17.6 Å². The van der Waals surface area contributed by atoms with E-state index in [0.29, 0.717) is 42.5 Å².